The Hall–Kier alpha value is -1.00. The molecule has 0 aliphatic rings. The molecule has 2 N–H and O–H groups in total. The molecule has 0 atom stereocenters. The molecule has 1 aromatic rings. The Morgan fingerprint density at radius 1 is 1.43 bits per heavy atom. The quantitative estimate of drug-likeness (QED) is 0.793. The molecule has 0 saturated heterocycles. The van der Waals surface area contributed by atoms with Gasteiger partial charge in [-0.15, -0.1) is 0 Å². The van der Waals surface area contributed by atoms with Crippen molar-refractivity contribution >= 4 is 23.4 Å². The first-order valence-corrected chi connectivity index (χ1v) is 5.64. The average Bonchev–Trinajstić information content (AvgIpc) is 2.19. The first kappa shape index (κ1) is 11.1. The van der Waals surface area contributed by atoms with Gasteiger partial charge in [-0.1, -0.05) is 12.1 Å². The predicted molar refractivity (Wildman–Crippen MR) is 59.4 cm³/mol. The van der Waals surface area contributed by atoms with Gasteiger partial charge in [0.15, 0.2) is 0 Å². The van der Waals surface area contributed by atoms with E-state index in [1.54, 1.807) is 24.3 Å². The summed E-state index contributed by atoms with van der Waals surface area (Å²) in [6, 6.07) is 7.14. The van der Waals surface area contributed by atoms with Gasteiger partial charge < -0.3 is 10.4 Å². The highest BCUT2D eigenvalue weighted by Crippen LogP contribution is 2.09. The van der Waals surface area contributed by atoms with Gasteiger partial charge in [0.25, 0.3) is 0 Å². The molecule has 0 radical (unpaired) electrons. The number of hydrogen-bond donors (Lipinski definition) is 2. The van der Waals surface area contributed by atoms with Crippen LogP contribution >= 0.6 is 11.8 Å². The smallest absolute Gasteiger partial charge is 0.234 e. The fourth-order valence-electron chi connectivity index (χ4n) is 1.02. The van der Waals surface area contributed by atoms with Crippen LogP contribution in [0.1, 0.15) is 5.56 Å². The standard InChI is InChI=1S/C10H13NO2S/c1-14-7-10(13)11-9-4-2-8(6-12)3-5-9/h2-5,12H,6-7H2,1H3,(H,11,13). The van der Waals surface area contributed by atoms with Crippen LogP contribution in [0.3, 0.4) is 0 Å². The zero-order valence-corrected chi connectivity index (χ0v) is 8.80. The number of nitrogens with one attached hydrogen (secondary N) is 1. The van der Waals surface area contributed by atoms with Gasteiger partial charge in [-0.2, -0.15) is 11.8 Å². The number of anilines is 1. The minimum absolute atomic E-state index is 0.00533. The summed E-state index contributed by atoms with van der Waals surface area (Å²) >= 11 is 1.48. The summed E-state index contributed by atoms with van der Waals surface area (Å²) < 4.78 is 0. The summed E-state index contributed by atoms with van der Waals surface area (Å²) in [5, 5.41) is 11.6. The molecule has 0 spiro atoms. The molecule has 14 heavy (non-hydrogen) atoms. The number of amides is 1. The van der Waals surface area contributed by atoms with Gasteiger partial charge >= 0.3 is 0 Å². The SMILES string of the molecule is CSCC(=O)Nc1ccc(CO)cc1. The van der Waals surface area contributed by atoms with Crippen LogP contribution in [0.25, 0.3) is 0 Å². The van der Waals surface area contributed by atoms with E-state index in [4.69, 9.17) is 5.11 Å². The van der Waals surface area contributed by atoms with Crippen molar-refractivity contribution in [3.63, 3.8) is 0 Å². The van der Waals surface area contributed by atoms with E-state index < -0.39 is 0 Å². The third-order valence-electron chi connectivity index (χ3n) is 1.70. The summed E-state index contributed by atoms with van der Waals surface area (Å²) in [5.74, 6) is 0.455. The van der Waals surface area contributed by atoms with Crippen molar-refractivity contribution in [1.29, 1.82) is 0 Å². The number of rotatable bonds is 4. The number of hydrogen-bond acceptors (Lipinski definition) is 3. The predicted octanol–water partition coefficient (Wildman–Crippen LogP) is 1.48. The first-order chi connectivity index (χ1) is 6.76. The fraction of sp³-hybridized carbons (Fsp3) is 0.300. The largest absolute Gasteiger partial charge is 0.392 e. The zero-order valence-electron chi connectivity index (χ0n) is 7.99. The van der Waals surface area contributed by atoms with E-state index in [0.717, 1.165) is 11.3 Å². The summed E-state index contributed by atoms with van der Waals surface area (Å²) in [6.07, 6.45) is 1.88. The van der Waals surface area contributed by atoms with Crippen LogP contribution < -0.4 is 5.32 Å². The van der Waals surface area contributed by atoms with Gasteiger partial charge in [0.1, 0.15) is 0 Å². The second-order valence-corrected chi connectivity index (χ2v) is 3.70. The van der Waals surface area contributed by atoms with Gasteiger partial charge in [-0.3, -0.25) is 4.79 Å². The highest BCUT2D eigenvalue weighted by atomic mass is 32.2. The van der Waals surface area contributed by atoms with E-state index in [2.05, 4.69) is 5.32 Å². The third kappa shape index (κ3) is 3.40. The van der Waals surface area contributed by atoms with Crippen LogP contribution in [0, 0.1) is 0 Å². The maximum absolute atomic E-state index is 11.2. The molecular weight excluding hydrogens is 198 g/mol. The molecule has 3 nitrogen and oxygen atoms in total. The summed E-state index contributed by atoms with van der Waals surface area (Å²) in [4.78, 5) is 11.2. The first-order valence-electron chi connectivity index (χ1n) is 4.25. The van der Waals surface area contributed by atoms with Gasteiger partial charge in [-0.05, 0) is 24.0 Å². The average molecular weight is 211 g/mol. The Kier molecular flexibility index (Phi) is 4.49. The minimum atomic E-state index is -0.00533. The van der Waals surface area contributed by atoms with Gasteiger partial charge in [0, 0.05) is 5.69 Å². The normalized spacial score (nSPS) is 9.86. The monoisotopic (exact) mass is 211 g/mol. The van der Waals surface area contributed by atoms with Crippen molar-refractivity contribution < 1.29 is 9.90 Å². The van der Waals surface area contributed by atoms with Gasteiger partial charge in [-0.25, -0.2) is 0 Å². The Morgan fingerprint density at radius 3 is 2.57 bits per heavy atom. The van der Waals surface area contributed by atoms with E-state index in [1.807, 2.05) is 6.26 Å². The Bertz CT molecular complexity index is 297. The molecule has 0 unspecified atom stereocenters. The molecule has 76 valence electrons. The Labute approximate surface area is 87.5 Å². The molecule has 1 aromatic carbocycles. The maximum Gasteiger partial charge on any atom is 0.234 e. The molecule has 0 bridgehead atoms. The molecule has 0 aliphatic heterocycles. The lowest BCUT2D eigenvalue weighted by Crippen LogP contribution is -2.13. The van der Waals surface area contributed by atoms with E-state index in [-0.39, 0.29) is 12.5 Å². The number of benzene rings is 1. The Morgan fingerprint density at radius 2 is 2.07 bits per heavy atom. The highest BCUT2D eigenvalue weighted by molar-refractivity contribution is 7.99. The van der Waals surface area contributed by atoms with Gasteiger partial charge in [0.05, 0.1) is 12.4 Å². The second-order valence-electron chi connectivity index (χ2n) is 2.84. The molecule has 0 fully saturated rings. The molecule has 4 heteroatoms. The number of aliphatic hydroxyl groups excluding tert-OH is 1. The lowest BCUT2D eigenvalue weighted by atomic mass is 10.2. The van der Waals surface area contributed by atoms with Crippen molar-refractivity contribution in [2.75, 3.05) is 17.3 Å². The van der Waals surface area contributed by atoms with Crippen LogP contribution in [-0.2, 0) is 11.4 Å². The molecular formula is C10H13NO2S. The molecule has 1 rings (SSSR count). The van der Waals surface area contributed by atoms with E-state index in [0.29, 0.717) is 5.75 Å². The summed E-state index contributed by atoms with van der Waals surface area (Å²) in [7, 11) is 0. The molecule has 0 saturated carbocycles. The van der Waals surface area contributed by atoms with Crippen molar-refractivity contribution in [2.45, 2.75) is 6.61 Å². The Balaban J connectivity index is 2.55. The lowest BCUT2D eigenvalue weighted by Gasteiger charge is -2.04. The van der Waals surface area contributed by atoms with Crippen LogP contribution in [0.4, 0.5) is 5.69 Å². The van der Waals surface area contributed by atoms with E-state index in [9.17, 15) is 4.79 Å². The molecule has 1 amide bonds. The van der Waals surface area contributed by atoms with Crippen LogP contribution in [0.15, 0.2) is 24.3 Å². The van der Waals surface area contributed by atoms with Crippen LogP contribution in [-0.4, -0.2) is 23.0 Å². The fourth-order valence-corrected chi connectivity index (χ4v) is 1.36. The number of carbonyl (C=O) groups is 1. The molecule has 0 aliphatic carbocycles. The van der Waals surface area contributed by atoms with Crippen LogP contribution in [0.5, 0.6) is 0 Å². The van der Waals surface area contributed by atoms with Crippen molar-refractivity contribution in [2.24, 2.45) is 0 Å². The molecule has 0 aromatic heterocycles. The minimum Gasteiger partial charge on any atom is -0.392 e. The molecule has 0 heterocycles. The topological polar surface area (TPSA) is 49.3 Å². The number of thioether (sulfide) groups is 1. The van der Waals surface area contributed by atoms with Gasteiger partial charge in [0.2, 0.25) is 5.91 Å². The third-order valence-corrected chi connectivity index (χ3v) is 2.25. The van der Waals surface area contributed by atoms with Crippen molar-refractivity contribution in [3.05, 3.63) is 29.8 Å². The lowest BCUT2D eigenvalue weighted by molar-refractivity contribution is -0.113. The zero-order chi connectivity index (χ0) is 10.4. The summed E-state index contributed by atoms with van der Waals surface area (Å²) in [6.45, 7) is 0.0268. The number of carbonyl (C=O) groups excluding carboxylic acids is 1. The van der Waals surface area contributed by atoms with E-state index in [1.165, 1.54) is 11.8 Å². The highest BCUT2D eigenvalue weighted by Gasteiger charge is 2.00. The van der Waals surface area contributed by atoms with E-state index >= 15 is 0 Å². The van der Waals surface area contributed by atoms with Crippen molar-refractivity contribution in [1.82, 2.24) is 0 Å². The van der Waals surface area contributed by atoms with Crippen LogP contribution in [0.2, 0.25) is 0 Å². The number of aliphatic hydroxyl groups is 1. The second kappa shape index (κ2) is 5.67. The maximum atomic E-state index is 11.2. The van der Waals surface area contributed by atoms with Crippen molar-refractivity contribution in [3.8, 4) is 0 Å². The summed E-state index contributed by atoms with van der Waals surface area (Å²) in [5.41, 5.74) is 1.61.